The van der Waals surface area contributed by atoms with Crippen molar-refractivity contribution in [1.29, 1.82) is 0 Å². The lowest BCUT2D eigenvalue weighted by Crippen LogP contribution is -2.33. The van der Waals surface area contributed by atoms with Gasteiger partial charge < -0.3 is 9.80 Å². The van der Waals surface area contributed by atoms with Crippen LogP contribution in [0.25, 0.3) is 33.7 Å². The molecule has 0 amide bonds. The van der Waals surface area contributed by atoms with Crippen LogP contribution < -0.4 is 20.2 Å². The smallest absolute Gasteiger partial charge is 0.0546 e. The number of benzene rings is 7. The van der Waals surface area contributed by atoms with E-state index in [-0.39, 0.29) is 14.9 Å². The molecular weight excluding hydrogens is 653 g/mol. The lowest BCUT2D eigenvalue weighted by Gasteiger charge is -2.30. The lowest BCUT2D eigenvalue weighted by atomic mass is 9.93. The van der Waals surface area contributed by atoms with Crippen LogP contribution >= 0.6 is 0 Å². The summed E-state index contributed by atoms with van der Waals surface area (Å²) in [6, 6.07) is 41.5. The molecule has 0 unspecified atom stereocenters. The molecule has 2 nitrogen and oxygen atoms in total. The van der Waals surface area contributed by atoms with E-state index in [4.69, 9.17) is 0 Å². The van der Waals surface area contributed by atoms with Gasteiger partial charge in [0.15, 0.2) is 0 Å². The number of hydrogen-bond acceptors (Lipinski definition) is 2. The number of rotatable bonds is 6. The summed E-state index contributed by atoms with van der Waals surface area (Å²) < 4.78 is 0. The quantitative estimate of drug-likeness (QED) is 0.159. The van der Waals surface area contributed by atoms with E-state index in [1.807, 2.05) is 0 Å². The summed E-state index contributed by atoms with van der Waals surface area (Å²) in [5.74, 6) is 0. The molecular formula is C52H56N2. The molecule has 0 saturated heterocycles. The Morgan fingerprint density at radius 1 is 0.333 bits per heavy atom. The molecule has 0 aromatic heterocycles. The molecule has 0 heterocycles. The summed E-state index contributed by atoms with van der Waals surface area (Å²) in [5.41, 5.74) is 17.5. The minimum absolute atomic E-state index is 0. The van der Waals surface area contributed by atoms with Gasteiger partial charge >= 0.3 is 0 Å². The predicted octanol–water partition coefficient (Wildman–Crippen LogP) is 14.0. The van der Waals surface area contributed by atoms with Crippen LogP contribution in [0.1, 0.15) is 72.2 Å². The fourth-order valence-electron chi connectivity index (χ4n) is 7.83. The molecule has 7 aromatic carbocycles. The molecule has 0 saturated carbocycles. The Kier molecular flexibility index (Phi) is 10.6. The van der Waals surface area contributed by atoms with E-state index in [1.165, 1.54) is 111 Å². The highest BCUT2D eigenvalue weighted by molar-refractivity contribution is 6.16. The van der Waals surface area contributed by atoms with Gasteiger partial charge in [0, 0.05) is 33.4 Å². The Hall–Kier alpha value is -5.60. The van der Waals surface area contributed by atoms with Crippen molar-refractivity contribution in [1.82, 2.24) is 0 Å². The fraction of sp³-hybridized carbons (Fsp3) is 0.231. The van der Waals surface area contributed by atoms with Gasteiger partial charge in [-0.25, -0.2) is 0 Å². The lowest BCUT2D eigenvalue weighted by molar-refractivity contribution is 1.11. The monoisotopic (exact) mass is 708 g/mol. The van der Waals surface area contributed by atoms with Gasteiger partial charge in [0.05, 0.1) is 11.4 Å². The van der Waals surface area contributed by atoms with Gasteiger partial charge in [-0.3, -0.25) is 0 Å². The molecule has 0 radical (unpaired) electrons. The highest BCUT2D eigenvalue weighted by atomic mass is 15.2. The first kappa shape index (κ1) is 38.1. The van der Waals surface area contributed by atoms with Crippen LogP contribution in [0.4, 0.5) is 34.1 Å². The van der Waals surface area contributed by atoms with Gasteiger partial charge in [0.25, 0.3) is 0 Å². The third-order valence-corrected chi connectivity index (χ3v) is 11.5. The Bertz CT molecular complexity index is 2580. The van der Waals surface area contributed by atoms with Gasteiger partial charge in [0.2, 0.25) is 0 Å². The Morgan fingerprint density at radius 2 is 0.704 bits per heavy atom. The molecule has 0 aliphatic heterocycles. The van der Waals surface area contributed by atoms with E-state index in [9.17, 15) is 0 Å². The average Bonchev–Trinajstić information content (AvgIpc) is 3.14. The van der Waals surface area contributed by atoms with Crippen molar-refractivity contribution < 1.29 is 0 Å². The maximum Gasteiger partial charge on any atom is 0.0546 e. The van der Waals surface area contributed by atoms with Gasteiger partial charge in [-0.1, -0.05) is 75.5 Å². The SMILES string of the molecule is C.C.Cc1ccc(N(c2ccc(C)c(C)c2)c2cc3c(cc(N(c4ccc(C)c(C)c4)c4ccc(C)c(C)c4)c4ccccc43)c3c2=CCCC=3)cc1C. The number of hydrogen-bond donors (Lipinski definition) is 0. The molecule has 0 spiro atoms. The molecule has 0 bridgehead atoms. The first-order valence-corrected chi connectivity index (χ1v) is 18.7. The van der Waals surface area contributed by atoms with Gasteiger partial charge in [-0.15, -0.1) is 0 Å². The van der Waals surface area contributed by atoms with Crippen molar-refractivity contribution in [2.45, 2.75) is 83.1 Å². The van der Waals surface area contributed by atoms with Crippen LogP contribution in [0.15, 0.2) is 109 Å². The average molecular weight is 709 g/mol. The topological polar surface area (TPSA) is 6.48 Å². The van der Waals surface area contributed by atoms with Gasteiger partial charge in [0.1, 0.15) is 0 Å². The minimum atomic E-state index is 0. The molecule has 0 fully saturated rings. The number of anilines is 6. The first-order valence-electron chi connectivity index (χ1n) is 18.7. The van der Waals surface area contributed by atoms with Crippen LogP contribution in [0, 0.1) is 55.4 Å². The van der Waals surface area contributed by atoms with Crippen molar-refractivity contribution in [2.75, 3.05) is 9.80 Å². The highest BCUT2D eigenvalue weighted by Gasteiger charge is 2.22. The summed E-state index contributed by atoms with van der Waals surface area (Å²) in [5, 5.41) is 7.69. The van der Waals surface area contributed by atoms with Crippen LogP contribution in [-0.4, -0.2) is 0 Å². The maximum atomic E-state index is 2.49. The summed E-state index contributed by atoms with van der Waals surface area (Å²) in [6.07, 6.45) is 7.00. The summed E-state index contributed by atoms with van der Waals surface area (Å²) >= 11 is 0. The van der Waals surface area contributed by atoms with Crippen molar-refractivity contribution in [2.24, 2.45) is 0 Å². The third kappa shape index (κ3) is 6.60. The van der Waals surface area contributed by atoms with E-state index in [1.54, 1.807) is 0 Å². The zero-order valence-electron chi connectivity index (χ0n) is 31.9. The zero-order valence-corrected chi connectivity index (χ0v) is 31.9. The molecule has 54 heavy (non-hydrogen) atoms. The summed E-state index contributed by atoms with van der Waals surface area (Å²) in [7, 11) is 0. The molecule has 0 atom stereocenters. The number of fused-ring (bicyclic) bond motifs is 5. The molecule has 2 heteroatoms. The molecule has 1 aliphatic carbocycles. The first-order chi connectivity index (χ1) is 25.1. The molecule has 274 valence electrons. The second-order valence-electron chi connectivity index (χ2n) is 15.0. The summed E-state index contributed by atoms with van der Waals surface area (Å²) in [4.78, 5) is 4.97. The van der Waals surface area contributed by atoms with Crippen LogP contribution in [0.5, 0.6) is 0 Å². The van der Waals surface area contributed by atoms with Gasteiger partial charge in [-0.2, -0.15) is 0 Å². The number of aryl methyl sites for hydroxylation is 8. The highest BCUT2D eigenvalue weighted by Crippen LogP contribution is 2.44. The fourth-order valence-corrected chi connectivity index (χ4v) is 7.83. The van der Waals surface area contributed by atoms with Crippen molar-refractivity contribution in [3.63, 3.8) is 0 Å². The second kappa shape index (κ2) is 15.0. The summed E-state index contributed by atoms with van der Waals surface area (Å²) in [6.45, 7) is 17.7. The van der Waals surface area contributed by atoms with Crippen LogP contribution in [0.2, 0.25) is 0 Å². The van der Waals surface area contributed by atoms with E-state index in [2.05, 4.69) is 187 Å². The van der Waals surface area contributed by atoms with E-state index < -0.39 is 0 Å². The Morgan fingerprint density at radius 3 is 1.13 bits per heavy atom. The standard InChI is InChI=1S/C50H48N2.2CH4/c1-31-17-21-39(25-35(31)5)51(40-22-18-32(2)36(6)26-40)49-29-47-44-14-10-12-16-46(44)50(30-48(47)43-13-9-11-15-45(43)49)52(41-23-19-33(3)37(7)27-41)42-24-20-34(4)38(8)28-42;;/h9,11,13-30H,10,12H2,1-8H3;2*1H4. The van der Waals surface area contributed by atoms with Crippen molar-refractivity contribution in [3.05, 3.63) is 164 Å². The normalized spacial score (nSPS) is 11.9. The maximum absolute atomic E-state index is 2.49. The van der Waals surface area contributed by atoms with E-state index >= 15 is 0 Å². The minimum Gasteiger partial charge on any atom is -0.310 e. The van der Waals surface area contributed by atoms with Crippen molar-refractivity contribution in [3.8, 4) is 0 Å². The Balaban J connectivity index is 0.00000249. The Labute approximate surface area is 323 Å². The van der Waals surface area contributed by atoms with Crippen molar-refractivity contribution >= 4 is 67.8 Å². The molecule has 0 N–H and O–H groups in total. The molecule has 1 aliphatic rings. The molecule has 8 rings (SSSR count). The predicted molar refractivity (Wildman–Crippen MR) is 240 cm³/mol. The third-order valence-electron chi connectivity index (χ3n) is 11.5. The largest absolute Gasteiger partial charge is 0.310 e. The van der Waals surface area contributed by atoms with E-state index in [0.717, 1.165) is 12.8 Å². The second-order valence-corrected chi connectivity index (χ2v) is 15.0. The van der Waals surface area contributed by atoms with Gasteiger partial charge in [-0.05, 0) is 195 Å². The van der Waals surface area contributed by atoms with Crippen LogP contribution in [-0.2, 0) is 0 Å². The van der Waals surface area contributed by atoms with Crippen LogP contribution in [0.3, 0.4) is 0 Å². The zero-order chi connectivity index (χ0) is 36.3. The molecule has 7 aromatic rings. The number of nitrogens with zero attached hydrogens (tertiary/aromatic N) is 2. The van der Waals surface area contributed by atoms with E-state index in [0.29, 0.717) is 0 Å².